The van der Waals surface area contributed by atoms with Crippen LogP contribution in [0.5, 0.6) is 0 Å². The largest absolute Gasteiger partial charge is 0.300 e. The van der Waals surface area contributed by atoms with Crippen LogP contribution in [-0.2, 0) is 11.3 Å². The highest BCUT2D eigenvalue weighted by atomic mass is 16.1. The van der Waals surface area contributed by atoms with Crippen molar-refractivity contribution in [2.45, 2.75) is 40.2 Å². The molecule has 1 rings (SSSR count). The molecule has 0 fully saturated rings. The third-order valence-electron chi connectivity index (χ3n) is 2.05. The van der Waals surface area contributed by atoms with Gasteiger partial charge in [0.2, 0.25) is 0 Å². The number of rotatable bonds is 4. The zero-order valence-corrected chi connectivity index (χ0v) is 10.2. The number of carbonyl (C=O) groups excluding carboxylic acids is 1. The molecule has 0 aliphatic heterocycles. The van der Waals surface area contributed by atoms with Crippen molar-refractivity contribution in [2.75, 3.05) is 0 Å². The SMILES string of the molecule is CC(=O)CCCn1cc(C#CC(C)C)cn1. The molecular weight excluding hydrogens is 200 g/mol. The Morgan fingerprint density at radius 2 is 2.31 bits per heavy atom. The molecule has 3 heteroatoms. The van der Waals surface area contributed by atoms with E-state index < -0.39 is 0 Å². The Bertz CT molecular complexity index is 407. The van der Waals surface area contributed by atoms with E-state index in [0.29, 0.717) is 12.3 Å². The van der Waals surface area contributed by atoms with Crippen LogP contribution in [-0.4, -0.2) is 15.6 Å². The van der Waals surface area contributed by atoms with Crippen molar-refractivity contribution in [3.63, 3.8) is 0 Å². The van der Waals surface area contributed by atoms with Crippen molar-refractivity contribution in [1.82, 2.24) is 9.78 Å². The molecule has 1 heterocycles. The van der Waals surface area contributed by atoms with Gasteiger partial charge in [0.05, 0.1) is 11.8 Å². The van der Waals surface area contributed by atoms with Gasteiger partial charge in [0, 0.05) is 25.1 Å². The minimum atomic E-state index is 0.229. The molecule has 0 spiro atoms. The molecule has 0 saturated heterocycles. The molecule has 0 saturated carbocycles. The van der Waals surface area contributed by atoms with Gasteiger partial charge in [-0.3, -0.25) is 4.68 Å². The summed E-state index contributed by atoms with van der Waals surface area (Å²) in [5, 5.41) is 4.19. The third kappa shape index (κ3) is 4.79. The fourth-order valence-electron chi connectivity index (χ4n) is 1.27. The van der Waals surface area contributed by atoms with Crippen molar-refractivity contribution in [3.8, 4) is 11.8 Å². The number of ketones is 1. The summed E-state index contributed by atoms with van der Waals surface area (Å²) in [4.78, 5) is 10.8. The van der Waals surface area contributed by atoms with Crippen LogP contribution >= 0.6 is 0 Å². The maximum absolute atomic E-state index is 10.8. The van der Waals surface area contributed by atoms with E-state index in [1.165, 1.54) is 0 Å². The van der Waals surface area contributed by atoms with Crippen molar-refractivity contribution in [1.29, 1.82) is 0 Å². The lowest BCUT2D eigenvalue weighted by Gasteiger charge is -1.97. The summed E-state index contributed by atoms with van der Waals surface area (Å²) in [7, 11) is 0. The highest BCUT2D eigenvalue weighted by molar-refractivity contribution is 5.75. The molecule has 0 aliphatic rings. The number of hydrogen-bond acceptors (Lipinski definition) is 2. The number of carbonyl (C=O) groups is 1. The highest BCUT2D eigenvalue weighted by Gasteiger charge is 1.97. The smallest absolute Gasteiger partial charge is 0.129 e. The number of nitrogens with zero attached hydrogens (tertiary/aromatic N) is 2. The third-order valence-corrected chi connectivity index (χ3v) is 2.05. The molecule has 0 atom stereocenters. The van der Waals surface area contributed by atoms with Gasteiger partial charge in [-0.15, -0.1) is 0 Å². The van der Waals surface area contributed by atoms with Crippen molar-refractivity contribution < 1.29 is 4.79 Å². The molecule has 0 bridgehead atoms. The van der Waals surface area contributed by atoms with Gasteiger partial charge < -0.3 is 4.79 Å². The number of Topliss-reactive ketones (excluding diaryl/α,β-unsaturated/α-hetero) is 1. The monoisotopic (exact) mass is 218 g/mol. The summed E-state index contributed by atoms with van der Waals surface area (Å²) < 4.78 is 1.84. The second kappa shape index (κ2) is 6.12. The molecule has 16 heavy (non-hydrogen) atoms. The van der Waals surface area contributed by atoms with Gasteiger partial charge in [0.15, 0.2) is 0 Å². The fourth-order valence-corrected chi connectivity index (χ4v) is 1.27. The molecular formula is C13H18N2O. The molecule has 0 radical (unpaired) electrons. The normalized spacial score (nSPS) is 10.0. The summed E-state index contributed by atoms with van der Waals surface area (Å²) >= 11 is 0. The summed E-state index contributed by atoms with van der Waals surface area (Å²) in [6.45, 7) is 6.51. The first-order valence-corrected chi connectivity index (χ1v) is 5.61. The maximum atomic E-state index is 10.8. The second-order valence-electron chi connectivity index (χ2n) is 4.22. The van der Waals surface area contributed by atoms with Gasteiger partial charge in [-0.1, -0.05) is 25.7 Å². The lowest BCUT2D eigenvalue weighted by Crippen LogP contribution is -2.00. The molecule has 86 valence electrons. The van der Waals surface area contributed by atoms with Crippen LogP contribution in [0.3, 0.4) is 0 Å². The lowest BCUT2D eigenvalue weighted by atomic mass is 10.2. The molecule has 3 nitrogen and oxygen atoms in total. The number of aromatic nitrogens is 2. The van der Waals surface area contributed by atoms with Crippen LogP contribution in [0.4, 0.5) is 0 Å². The first-order chi connectivity index (χ1) is 7.58. The maximum Gasteiger partial charge on any atom is 0.129 e. The van der Waals surface area contributed by atoms with Gasteiger partial charge in [-0.05, 0) is 13.3 Å². The van der Waals surface area contributed by atoms with E-state index in [-0.39, 0.29) is 5.78 Å². The highest BCUT2D eigenvalue weighted by Crippen LogP contribution is 2.00. The Morgan fingerprint density at radius 1 is 1.56 bits per heavy atom. The summed E-state index contributed by atoms with van der Waals surface area (Å²) in [5.41, 5.74) is 0.941. The molecule has 1 aromatic heterocycles. The molecule has 0 N–H and O–H groups in total. The van der Waals surface area contributed by atoms with Gasteiger partial charge in [-0.25, -0.2) is 0 Å². The minimum Gasteiger partial charge on any atom is -0.300 e. The molecule has 0 aromatic carbocycles. The van der Waals surface area contributed by atoms with Crippen LogP contribution in [0.15, 0.2) is 12.4 Å². The van der Waals surface area contributed by atoms with Gasteiger partial charge in [-0.2, -0.15) is 5.10 Å². The number of hydrogen-bond donors (Lipinski definition) is 0. The van der Waals surface area contributed by atoms with Gasteiger partial charge in [0.25, 0.3) is 0 Å². The predicted molar refractivity (Wildman–Crippen MR) is 63.9 cm³/mol. The average Bonchev–Trinajstić information content (AvgIpc) is 2.62. The van der Waals surface area contributed by atoms with Gasteiger partial charge in [0.1, 0.15) is 5.78 Å². The van der Waals surface area contributed by atoms with Crippen LogP contribution < -0.4 is 0 Å². The van der Waals surface area contributed by atoms with E-state index in [0.717, 1.165) is 18.5 Å². The topological polar surface area (TPSA) is 34.9 Å². The summed E-state index contributed by atoms with van der Waals surface area (Å²) in [6, 6.07) is 0. The molecule has 0 aliphatic carbocycles. The second-order valence-corrected chi connectivity index (χ2v) is 4.22. The standard InChI is InChI=1S/C13H18N2O/c1-11(2)6-7-13-9-14-15(10-13)8-4-5-12(3)16/h9-11H,4-5,8H2,1-3H3. The van der Waals surface area contributed by atoms with Crippen molar-refractivity contribution in [2.24, 2.45) is 5.92 Å². The molecule has 0 amide bonds. The Labute approximate surface area is 96.8 Å². The first-order valence-electron chi connectivity index (χ1n) is 5.61. The Balaban J connectivity index is 2.46. The average molecular weight is 218 g/mol. The summed E-state index contributed by atoms with van der Waals surface area (Å²) in [6.07, 6.45) is 5.15. The van der Waals surface area contributed by atoms with Gasteiger partial charge >= 0.3 is 0 Å². The molecule has 0 unspecified atom stereocenters. The number of aryl methyl sites for hydroxylation is 1. The Kier molecular flexibility index (Phi) is 4.78. The van der Waals surface area contributed by atoms with Crippen molar-refractivity contribution >= 4 is 5.78 Å². The minimum absolute atomic E-state index is 0.229. The van der Waals surface area contributed by atoms with E-state index in [1.807, 2.05) is 10.9 Å². The zero-order valence-electron chi connectivity index (χ0n) is 10.2. The summed E-state index contributed by atoms with van der Waals surface area (Å²) in [5.74, 6) is 6.76. The Morgan fingerprint density at radius 3 is 2.94 bits per heavy atom. The van der Waals surface area contributed by atoms with E-state index in [2.05, 4.69) is 30.8 Å². The van der Waals surface area contributed by atoms with E-state index in [4.69, 9.17) is 0 Å². The van der Waals surface area contributed by atoms with Crippen LogP contribution in [0, 0.1) is 17.8 Å². The lowest BCUT2D eigenvalue weighted by molar-refractivity contribution is -0.117. The quantitative estimate of drug-likeness (QED) is 0.726. The van der Waals surface area contributed by atoms with E-state index >= 15 is 0 Å². The van der Waals surface area contributed by atoms with Crippen molar-refractivity contribution in [3.05, 3.63) is 18.0 Å². The Hall–Kier alpha value is -1.56. The molecule has 1 aromatic rings. The van der Waals surface area contributed by atoms with E-state index in [1.54, 1.807) is 13.1 Å². The van der Waals surface area contributed by atoms with Crippen LogP contribution in [0.1, 0.15) is 39.2 Å². The fraction of sp³-hybridized carbons (Fsp3) is 0.538. The zero-order chi connectivity index (χ0) is 12.0. The van der Waals surface area contributed by atoms with Crippen LogP contribution in [0.2, 0.25) is 0 Å². The predicted octanol–water partition coefficient (Wildman–Crippen LogP) is 2.26. The van der Waals surface area contributed by atoms with Crippen LogP contribution in [0.25, 0.3) is 0 Å². The first kappa shape index (κ1) is 12.5. The van der Waals surface area contributed by atoms with E-state index in [9.17, 15) is 4.79 Å².